The van der Waals surface area contributed by atoms with E-state index in [-0.39, 0.29) is 12.2 Å². The van der Waals surface area contributed by atoms with Gasteiger partial charge in [-0.25, -0.2) is 0 Å². The third-order valence-corrected chi connectivity index (χ3v) is 2.94. The fourth-order valence-corrected chi connectivity index (χ4v) is 1.96. The molecule has 1 heterocycles. The summed E-state index contributed by atoms with van der Waals surface area (Å²) < 4.78 is 16.5. The van der Waals surface area contributed by atoms with Crippen LogP contribution in [0.5, 0.6) is 11.5 Å². The molecular weight excluding hydrogens is 218 g/mol. The van der Waals surface area contributed by atoms with E-state index in [0.29, 0.717) is 13.2 Å². The highest BCUT2D eigenvalue weighted by Gasteiger charge is 2.24. The standard InChI is InChI=1S/C13H19NO3/c1-15-10-3-2-4-11(7-10)16-9-13-6-5-12(8-14)17-13/h2-4,7,12-13H,5-6,8-9,14H2,1H3. The van der Waals surface area contributed by atoms with E-state index in [1.807, 2.05) is 24.3 Å². The quantitative estimate of drug-likeness (QED) is 0.844. The summed E-state index contributed by atoms with van der Waals surface area (Å²) in [5, 5.41) is 0. The maximum Gasteiger partial charge on any atom is 0.123 e. The summed E-state index contributed by atoms with van der Waals surface area (Å²) in [6.07, 6.45) is 2.41. The SMILES string of the molecule is COc1cccc(OCC2CCC(CN)O2)c1. The lowest BCUT2D eigenvalue weighted by Crippen LogP contribution is -2.23. The van der Waals surface area contributed by atoms with Crippen LogP contribution in [0.2, 0.25) is 0 Å². The molecule has 1 aliphatic heterocycles. The fourth-order valence-electron chi connectivity index (χ4n) is 1.96. The molecule has 2 N–H and O–H groups in total. The zero-order chi connectivity index (χ0) is 12.1. The van der Waals surface area contributed by atoms with Gasteiger partial charge >= 0.3 is 0 Å². The first kappa shape index (κ1) is 12.2. The molecule has 0 radical (unpaired) electrons. The smallest absolute Gasteiger partial charge is 0.123 e. The van der Waals surface area contributed by atoms with Crippen molar-refractivity contribution in [1.82, 2.24) is 0 Å². The van der Waals surface area contributed by atoms with E-state index in [4.69, 9.17) is 19.9 Å². The Morgan fingerprint density at radius 2 is 2.06 bits per heavy atom. The topological polar surface area (TPSA) is 53.7 Å². The van der Waals surface area contributed by atoms with Crippen LogP contribution < -0.4 is 15.2 Å². The maximum atomic E-state index is 5.71. The second kappa shape index (κ2) is 5.89. The van der Waals surface area contributed by atoms with Gasteiger partial charge in [0.1, 0.15) is 18.1 Å². The Labute approximate surface area is 102 Å². The van der Waals surface area contributed by atoms with Crippen LogP contribution in [0.4, 0.5) is 0 Å². The summed E-state index contributed by atoms with van der Waals surface area (Å²) in [5.41, 5.74) is 5.56. The number of hydrogen-bond acceptors (Lipinski definition) is 4. The predicted octanol–water partition coefficient (Wildman–Crippen LogP) is 1.58. The van der Waals surface area contributed by atoms with Crippen LogP contribution in [0.25, 0.3) is 0 Å². The molecule has 0 amide bonds. The van der Waals surface area contributed by atoms with E-state index in [1.165, 1.54) is 0 Å². The third kappa shape index (κ3) is 3.35. The molecule has 2 atom stereocenters. The van der Waals surface area contributed by atoms with Crippen molar-refractivity contribution in [3.8, 4) is 11.5 Å². The van der Waals surface area contributed by atoms with Gasteiger partial charge in [0.15, 0.2) is 0 Å². The highest BCUT2D eigenvalue weighted by atomic mass is 16.5. The second-order valence-corrected chi connectivity index (χ2v) is 4.18. The van der Waals surface area contributed by atoms with Crippen molar-refractivity contribution in [3.63, 3.8) is 0 Å². The van der Waals surface area contributed by atoms with Crippen molar-refractivity contribution in [2.24, 2.45) is 5.73 Å². The van der Waals surface area contributed by atoms with E-state index < -0.39 is 0 Å². The molecule has 2 rings (SSSR count). The Morgan fingerprint density at radius 1 is 1.29 bits per heavy atom. The largest absolute Gasteiger partial charge is 0.497 e. The number of rotatable bonds is 5. The van der Waals surface area contributed by atoms with E-state index in [9.17, 15) is 0 Å². The molecule has 94 valence electrons. The molecule has 1 aliphatic rings. The second-order valence-electron chi connectivity index (χ2n) is 4.18. The van der Waals surface area contributed by atoms with E-state index in [1.54, 1.807) is 7.11 Å². The van der Waals surface area contributed by atoms with Crippen LogP contribution >= 0.6 is 0 Å². The van der Waals surface area contributed by atoms with Crippen LogP contribution in [0.15, 0.2) is 24.3 Å². The van der Waals surface area contributed by atoms with Gasteiger partial charge in [-0.05, 0) is 25.0 Å². The summed E-state index contributed by atoms with van der Waals surface area (Å²) in [6.45, 7) is 1.17. The predicted molar refractivity (Wildman–Crippen MR) is 65.4 cm³/mol. The van der Waals surface area contributed by atoms with Gasteiger partial charge in [-0.2, -0.15) is 0 Å². The zero-order valence-electron chi connectivity index (χ0n) is 10.1. The number of benzene rings is 1. The summed E-state index contributed by atoms with van der Waals surface area (Å²) in [4.78, 5) is 0. The Balaban J connectivity index is 1.81. The first-order valence-electron chi connectivity index (χ1n) is 5.94. The Hall–Kier alpha value is -1.26. The number of nitrogens with two attached hydrogens (primary N) is 1. The van der Waals surface area contributed by atoms with Crippen molar-refractivity contribution >= 4 is 0 Å². The maximum absolute atomic E-state index is 5.71. The minimum absolute atomic E-state index is 0.162. The molecule has 1 fully saturated rings. The molecule has 0 saturated carbocycles. The summed E-state index contributed by atoms with van der Waals surface area (Å²) in [6, 6.07) is 7.59. The lowest BCUT2D eigenvalue weighted by atomic mass is 10.2. The summed E-state index contributed by atoms with van der Waals surface area (Å²) in [7, 11) is 1.64. The molecule has 17 heavy (non-hydrogen) atoms. The van der Waals surface area contributed by atoms with Gasteiger partial charge in [-0.15, -0.1) is 0 Å². The number of ether oxygens (including phenoxy) is 3. The lowest BCUT2D eigenvalue weighted by molar-refractivity contribution is 0.0221. The van der Waals surface area contributed by atoms with Crippen molar-refractivity contribution in [1.29, 1.82) is 0 Å². The third-order valence-electron chi connectivity index (χ3n) is 2.94. The highest BCUT2D eigenvalue weighted by molar-refractivity contribution is 5.32. The van der Waals surface area contributed by atoms with Crippen molar-refractivity contribution in [2.75, 3.05) is 20.3 Å². The summed E-state index contributed by atoms with van der Waals surface area (Å²) >= 11 is 0. The lowest BCUT2D eigenvalue weighted by Gasteiger charge is -2.14. The van der Waals surface area contributed by atoms with E-state index in [2.05, 4.69) is 0 Å². The molecular formula is C13H19NO3. The number of methoxy groups -OCH3 is 1. The minimum Gasteiger partial charge on any atom is -0.497 e. The van der Waals surface area contributed by atoms with Crippen LogP contribution in [0.3, 0.4) is 0 Å². The van der Waals surface area contributed by atoms with Crippen LogP contribution in [0.1, 0.15) is 12.8 Å². The Kier molecular flexibility index (Phi) is 4.23. The van der Waals surface area contributed by atoms with Gasteiger partial charge < -0.3 is 19.9 Å². The van der Waals surface area contributed by atoms with Crippen molar-refractivity contribution < 1.29 is 14.2 Å². The highest BCUT2D eigenvalue weighted by Crippen LogP contribution is 2.22. The van der Waals surface area contributed by atoms with Gasteiger partial charge in [0.05, 0.1) is 19.3 Å². The molecule has 1 saturated heterocycles. The first-order chi connectivity index (χ1) is 8.31. The normalized spacial score (nSPS) is 23.6. The molecule has 1 aromatic carbocycles. The van der Waals surface area contributed by atoms with Gasteiger partial charge in [0, 0.05) is 12.6 Å². The van der Waals surface area contributed by atoms with Crippen LogP contribution in [0, 0.1) is 0 Å². The average molecular weight is 237 g/mol. The molecule has 4 nitrogen and oxygen atoms in total. The molecule has 0 spiro atoms. The van der Waals surface area contributed by atoms with Gasteiger partial charge in [-0.1, -0.05) is 6.07 Å². The molecule has 1 aromatic rings. The molecule has 0 bridgehead atoms. The fraction of sp³-hybridized carbons (Fsp3) is 0.538. The molecule has 4 heteroatoms. The number of hydrogen-bond donors (Lipinski definition) is 1. The van der Waals surface area contributed by atoms with Gasteiger partial charge in [0.2, 0.25) is 0 Å². The van der Waals surface area contributed by atoms with Crippen molar-refractivity contribution in [3.05, 3.63) is 24.3 Å². The minimum atomic E-state index is 0.162. The van der Waals surface area contributed by atoms with Crippen LogP contribution in [-0.2, 0) is 4.74 Å². The van der Waals surface area contributed by atoms with Crippen LogP contribution in [-0.4, -0.2) is 32.5 Å². The molecule has 0 aliphatic carbocycles. The summed E-state index contributed by atoms with van der Waals surface area (Å²) in [5.74, 6) is 1.61. The first-order valence-corrected chi connectivity index (χ1v) is 5.94. The zero-order valence-corrected chi connectivity index (χ0v) is 10.1. The Bertz CT molecular complexity index is 356. The molecule has 2 unspecified atom stereocenters. The Morgan fingerprint density at radius 3 is 2.76 bits per heavy atom. The average Bonchev–Trinajstić information content (AvgIpc) is 2.84. The van der Waals surface area contributed by atoms with Gasteiger partial charge in [0.25, 0.3) is 0 Å². The molecule has 0 aromatic heterocycles. The monoisotopic (exact) mass is 237 g/mol. The van der Waals surface area contributed by atoms with Gasteiger partial charge in [-0.3, -0.25) is 0 Å². The van der Waals surface area contributed by atoms with Crippen molar-refractivity contribution in [2.45, 2.75) is 25.0 Å². The van der Waals surface area contributed by atoms with E-state index >= 15 is 0 Å². The van der Waals surface area contributed by atoms with E-state index in [0.717, 1.165) is 24.3 Å².